The Kier molecular flexibility index (Phi) is 6.57. The number of aliphatic imine (C=N–C) groups is 1. The average Bonchev–Trinajstić information content (AvgIpc) is 3.36. The average molecular weight is 520 g/mol. The first-order valence-electron chi connectivity index (χ1n) is 11.6. The lowest BCUT2D eigenvalue weighted by Gasteiger charge is -2.30. The van der Waals surface area contributed by atoms with E-state index >= 15 is 4.39 Å². The molecule has 11 heteroatoms. The van der Waals surface area contributed by atoms with Gasteiger partial charge < -0.3 is 29.6 Å². The van der Waals surface area contributed by atoms with Crippen LogP contribution in [0.3, 0.4) is 0 Å². The molecule has 0 fully saturated rings. The normalized spacial score (nSPS) is 16.9. The van der Waals surface area contributed by atoms with Crippen LogP contribution in [0.25, 0.3) is 22.2 Å². The smallest absolute Gasteiger partial charge is 0.289 e. The van der Waals surface area contributed by atoms with Crippen LogP contribution < -0.4 is 14.8 Å². The molecule has 3 heterocycles. The van der Waals surface area contributed by atoms with E-state index in [2.05, 4.69) is 20.3 Å². The fraction of sp³-hybridized carbons (Fsp3) is 0.222. The minimum absolute atomic E-state index is 0.0341. The molecule has 1 unspecified atom stereocenters. The number of ether oxygens (including phenoxy) is 3. The number of amidine groups is 1. The van der Waals surface area contributed by atoms with E-state index in [0.29, 0.717) is 34.6 Å². The van der Waals surface area contributed by atoms with E-state index in [1.54, 1.807) is 24.4 Å². The maximum absolute atomic E-state index is 15.1. The second kappa shape index (κ2) is 9.99. The van der Waals surface area contributed by atoms with Crippen LogP contribution in [0.4, 0.5) is 14.5 Å². The number of aromatic amines is 1. The van der Waals surface area contributed by atoms with E-state index in [9.17, 15) is 14.8 Å². The summed E-state index contributed by atoms with van der Waals surface area (Å²) < 4.78 is 46.6. The molecule has 3 N–H and O–H groups in total. The summed E-state index contributed by atoms with van der Waals surface area (Å²) in [7, 11) is 1.44. The number of anilines is 1. The van der Waals surface area contributed by atoms with Crippen molar-refractivity contribution in [3.8, 4) is 34.4 Å². The van der Waals surface area contributed by atoms with Gasteiger partial charge in [-0.25, -0.2) is 18.8 Å². The highest BCUT2D eigenvalue weighted by Gasteiger charge is 2.29. The predicted octanol–water partition coefficient (Wildman–Crippen LogP) is 4.98. The van der Waals surface area contributed by atoms with Gasteiger partial charge in [-0.15, -0.1) is 0 Å². The first-order valence-corrected chi connectivity index (χ1v) is 11.6. The molecule has 1 atom stereocenters. The van der Waals surface area contributed by atoms with Crippen molar-refractivity contribution in [2.45, 2.75) is 6.92 Å². The summed E-state index contributed by atoms with van der Waals surface area (Å²) in [5, 5.41) is 22.4. The number of nitrogens with zero attached hydrogens (tertiary/aromatic N) is 3. The van der Waals surface area contributed by atoms with Crippen LogP contribution >= 0.6 is 0 Å². The van der Waals surface area contributed by atoms with Gasteiger partial charge in [-0.2, -0.15) is 5.26 Å². The fourth-order valence-corrected chi connectivity index (χ4v) is 3.97. The number of hydrogen-bond acceptors (Lipinski definition) is 8. The van der Waals surface area contributed by atoms with E-state index < -0.39 is 17.0 Å². The van der Waals surface area contributed by atoms with Crippen molar-refractivity contribution in [2.75, 3.05) is 32.2 Å². The molecule has 1 aliphatic rings. The van der Waals surface area contributed by atoms with Crippen LogP contribution in [0, 0.1) is 28.4 Å². The van der Waals surface area contributed by atoms with Crippen LogP contribution in [-0.4, -0.2) is 48.0 Å². The number of pyridine rings is 1. The molecular formula is C27H23F2N5O4. The van der Waals surface area contributed by atoms with E-state index in [1.165, 1.54) is 31.5 Å². The molecule has 2 aromatic carbocycles. The number of aliphatic hydroxyl groups excluding tert-OH is 1. The van der Waals surface area contributed by atoms with Crippen LogP contribution in [0.5, 0.6) is 17.2 Å². The van der Waals surface area contributed by atoms with Gasteiger partial charge in [0.25, 0.3) is 6.02 Å². The summed E-state index contributed by atoms with van der Waals surface area (Å²) in [6.07, 6.45) is 2.85. The largest absolute Gasteiger partial charge is 0.497 e. The van der Waals surface area contributed by atoms with Gasteiger partial charge in [-0.1, -0.05) is 6.92 Å². The Hall–Kier alpha value is -4.69. The lowest BCUT2D eigenvalue weighted by molar-refractivity contribution is 0.0706. The highest BCUT2D eigenvalue weighted by atomic mass is 19.1. The molecule has 38 heavy (non-hydrogen) atoms. The third-order valence-electron chi connectivity index (χ3n) is 6.18. The maximum Gasteiger partial charge on any atom is 0.289 e. The molecule has 0 bridgehead atoms. The Balaban J connectivity index is 1.48. The minimum Gasteiger partial charge on any atom is -0.497 e. The molecule has 2 aromatic heterocycles. The number of nitriles is 1. The maximum atomic E-state index is 15.1. The molecule has 0 spiro atoms. The molecule has 9 nitrogen and oxygen atoms in total. The number of nitrogens with one attached hydrogen (secondary N) is 2. The molecular weight excluding hydrogens is 496 g/mol. The number of hydrogen-bond donors (Lipinski definition) is 3. The number of rotatable bonds is 6. The summed E-state index contributed by atoms with van der Waals surface area (Å²) in [4.78, 5) is 11.4. The summed E-state index contributed by atoms with van der Waals surface area (Å²) in [6, 6.07) is 10.8. The van der Waals surface area contributed by atoms with Gasteiger partial charge in [0.15, 0.2) is 17.3 Å². The lowest BCUT2D eigenvalue weighted by atomic mass is 9.93. The second-order valence-electron chi connectivity index (χ2n) is 9.14. The van der Waals surface area contributed by atoms with Crippen molar-refractivity contribution in [3.05, 3.63) is 66.0 Å². The van der Waals surface area contributed by atoms with Crippen LogP contribution in [-0.2, 0) is 4.74 Å². The van der Waals surface area contributed by atoms with Crippen molar-refractivity contribution in [3.63, 3.8) is 0 Å². The van der Waals surface area contributed by atoms with E-state index in [0.717, 1.165) is 0 Å². The summed E-state index contributed by atoms with van der Waals surface area (Å²) in [5.74, 6) is -1.03. The van der Waals surface area contributed by atoms with Gasteiger partial charge in [-0.05, 0) is 24.3 Å². The molecule has 4 aromatic rings. The standard InChI is InChI=1S/C27H23F2N5O4/c1-27(13-35)12-33-26(37-14-27)34-16-3-6-22(21(29)7-16)38-24-15(9-30)10-31-25-23(24)19(11-32-25)18-5-4-17(36-2)8-20(18)28/h3-8,10-11,35H,12-14H2,1-2H3,(H,31,32)(H,33,34). The number of fused-ring (bicyclic) bond motifs is 1. The van der Waals surface area contributed by atoms with Crippen LogP contribution in [0.1, 0.15) is 12.5 Å². The number of H-pyrrole nitrogens is 1. The third kappa shape index (κ3) is 4.69. The molecule has 194 valence electrons. The van der Waals surface area contributed by atoms with Crippen molar-refractivity contribution in [2.24, 2.45) is 10.4 Å². The zero-order chi connectivity index (χ0) is 26.9. The van der Waals surface area contributed by atoms with E-state index in [-0.39, 0.29) is 41.9 Å². The number of benzene rings is 2. The van der Waals surface area contributed by atoms with Gasteiger partial charge in [0.1, 0.15) is 35.5 Å². The Morgan fingerprint density at radius 2 is 2.05 bits per heavy atom. The SMILES string of the molecule is COc1ccc(-c2c[nH]c3ncc(C#N)c(Oc4ccc(NC5=NCC(C)(CO)CO5)cc4F)c23)c(F)c1. The zero-order valence-corrected chi connectivity index (χ0v) is 20.5. The Bertz CT molecular complexity index is 1600. The van der Waals surface area contributed by atoms with Gasteiger partial charge in [0, 0.05) is 40.6 Å². The first kappa shape index (κ1) is 25.0. The summed E-state index contributed by atoms with van der Waals surface area (Å²) in [6.45, 7) is 2.41. The van der Waals surface area contributed by atoms with Crippen molar-refractivity contribution >= 4 is 22.7 Å². The van der Waals surface area contributed by atoms with Crippen molar-refractivity contribution in [1.29, 1.82) is 5.26 Å². The lowest BCUT2D eigenvalue weighted by Crippen LogP contribution is -2.38. The minimum atomic E-state index is -0.715. The first-order chi connectivity index (χ1) is 18.3. The molecule has 0 aliphatic carbocycles. The molecule has 1 aliphatic heterocycles. The quantitative estimate of drug-likeness (QED) is 0.328. The number of methoxy groups -OCH3 is 1. The van der Waals surface area contributed by atoms with Crippen molar-refractivity contribution < 1.29 is 28.1 Å². The predicted molar refractivity (Wildman–Crippen MR) is 136 cm³/mol. The number of aromatic nitrogens is 2. The summed E-state index contributed by atoms with van der Waals surface area (Å²) in [5.41, 5.74) is 0.902. The van der Waals surface area contributed by atoms with Crippen LogP contribution in [0.15, 0.2) is 53.8 Å². The Morgan fingerprint density at radius 3 is 2.71 bits per heavy atom. The van der Waals surface area contributed by atoms with Gasteiger partial charge in [0.2, 0.25) is 0 Å². The number of halogens is 2. The van der Waals surface area contributed by atoms with Gasteiger partial charge in [-0.3, -0.25) is 0 Å². The second-order valence-corrected chi connectivity index (χ2v) is 9.14. The van der Waals surface area contributed by atoms with Gasteiger partial charge in [0.05, 0.1) is 31.8 Å². The topological polar surface area (TPSA) is 125 Å². The summed E-state index contributed by atoms with van der Waals surface area (Å²) >= 11 is 0. The highest BCUT2D eigenvalue weighted by Crippen LogP contribution is 2.41. The molecule has 0 amide bonds. The van der Waals surface area contributed by atoms with E-state index in [4.69, 9.17) is 14.2 Å². The molecule has 0 saturated heterocycles. The Labute approximate surface area is 216 Å². The molecule has 0 saturated carbocycles. The monoisotopic (exact) mass is 519 g/mol. The third-order valence-corrected chi connectivity index (χ3v) is 6.18. The highest BCUT2D eigenvalue weighted by molar-refractivity contribution is 5.99. The molecule has 5 rings (SSSR count). The Morgan fingerprint density at radius 1 is 1.21 bits per heavy atom. The van der Waals surface area contributed by atoms with Gasteiger partial charge >= 0.3 is 0 Å². The van der Waals surface area contributed by atoms with E-state index in [1.807, 2.05) is 13.0 Å². The fourth-order valence-electron chi connectivity index (χ4n) is 3.97. The number of aliphatic hydroxyl groups is 1. The molecule has 0 radical (unpaired) electrons. The van der Waals surface area contributed by atoms with Crippen molar-refractivity contribution in [1.82, 2.24) is 9.97 Å². The zero-order valence-electron chi connectivity index (χ0n) is 20.5. The van der Waals surface area contributed by atoms with Crippen LogP contribution in [0.2, 0.25) is 0 Å².